The van der Waals surface area contributed by atoms with Crippen molar-refractivity contribution < 1.29 is 0 Å². The topological polar surface area (TPSA) is 29.3 Å². The molecule has 1 aromatic heterocycles. The first kappa shape index (κ1) is 12.2. The molecule has 0 saturated heterocycles. The second-order valence-corrected chi connectivity index (χ2v) is 5.46. The van der Waals surface area contributed by atoms with Crippen molar-refractivity contribution in [2.45, 2.75) is 19.4 Å². The van der Waals surface area contributed by atoms with Gasteiger partial charge in [0.15, 0.2) is 0 Å². The molecule has 2 nitrogen and oxygen atoms in total. The van der Waals surface area contributed by atoms with Crippen molar-refractivity contribution in [3.05, 3.63) is 20.8 Å². The monoisotopic (exact) mass is 276 g/mol. The molecule has 2 N–H and O–H groups in total. The van der Waals surface area contributed by atoms with Gasteiger partial charge in [0.2, 0.25) is 0 Å². The molecular formula is C10H17BrN2S. The summed E-state index contributed by atoms with van der Waals surface area (Å²) in [5, 5.41) is 2.13. The van der Waals surface area contributed by atoms with Crippen LogP contribution in [-0.4, -0.2) is 31.1 Å². The lowest BCUT2D eigenvalue weighted by atomic mass is 10.2. The first-order valence-electron chi connectivity index (χ1n) is 4.76. The lowest BCUT2D eigenvalue weighted by molar-refractivity contribution is 0.267. The molecule has 0 fully saturated rings. The molecule has 0 spiro atoms. The smallest absolute Gasteiger partial charge is 0.0285 e. The number of nitrogens with two attached hydrogens (primary N) is 1. The van der Waals surface area contributed by atoms with E-state index in [4.69, 9.17) is 5.73 Å². The summed E-state index contributed by atoms with van der Waals surface area (Å²) in [6.07, 6.45) is 1.11. The van der Waals surface area contributed by atoms with E-state index in [0.717, 1.165) is 19.5 Å². The van der Waals surface area contributed by atoms with Crippen molar-refractivity contribution in [2.24, 2.45) is 5.73 Å². The van der Waals surface area contributed by atoms with Gasteiger partial charge in [0.25, 0.3) is 0 Å². The lowest BCUT2D eigenvalue weighted by Crippen LogP contribution is -2.36. The van der Waals surface area contributed by atoms with Crippen LogP contribution in [0.25, 0.3) is 0 Å². The van der Waals surface area contributed by atoms with Crippen LogP contribution in [0.1, 0.15) is 11.8 Å². The summed E-state index contributed by atoms with van der Waals surface area (Å²) in [5.41, 5.74) is 5.60. The summed E-state index contributed by atoms with van der Waals surface area (Å²) >= 11 is 5.26. The van der Waals surface area contributed by atoms with Gasteiger partial charge < -0.3 is 10.6 Å². The molecule has 4 heteroatoms. The third kappa shape index (κ3) is 3.69. The summed E-state index contributed by atoms with van der Waals surface area (Å²) in [6, 6.07) is 2.66. The first-order chi connectivity index (χ1) is 6.63. The number of thiophene rings is 1. The van der Waals surface area contributed by atoms with Gasteiger partial charge in [-0.15, -0.1) is 11.3 Å². The highest BCUT2D eigenvalue weighted by atomic mass is 79.9. The van der Waals surface area contributed by atoms with Gasteiger partial charge in [-0.3, -0.25) is 0 Å². The van der Waals surface area contributed by atoms with Crippen LogP contribution < -0.4 is 5.73 Å². The molecule has 0 aromatic carbocycles. The second kappa shape index (κ2) is 5.85. The Bertz CT molecular complexity index is 275. The Kier molecular flexibility index (Phi) is 5.09. The molecule has 0 radical (unpaired) electrons. The van der Waals surface area contributed by atoms with Gasteiger partial charge in [0.1, 0.15) is 0 Å². The van der Waals surface area contributed by atoms with Crippen molar-refractivity contribution in [1.29, 1.82) is 0 Å². The van der Waals surface area contributed by atoms with Crippen molar-refractivity contribution in [2.75, 3.05) is 20.1 Å². The Morgan fingerprint density at radius 3 is 2.86 bits per heavy atom. The summed E-state index contributed by atoms with van der Waals surface area (Å²) in [6.45, 7) is 3.96. The van der Waals surface area contributed by atoms with Crippen molar-refractivity contribution in [1.82, 2.24) is 4.90 Å². The van der Waals surface area contributed by atoms with Gasteiger partial charge in [-0.05, 0) is 42.4 Å². The number of hydrogen-bond acceptors (Lipinski definition) is 3. The third-order valence-electron chi connectivity index (χ3n) is 2.43. The number of nitrogens with zero attached hydrogens (tertiary/aromatic N) is 1. The highest BCUT2D eigenvalue weighted by Crippen LogP contribution is 2.20. The van der Waals surface area contributed by atoms with E-state index in [1.807, 2.05) is 0 Å². The molecule has 1 heterocycles. The van der Waals surface area contributed by atoms with Crippen LogP contribution in [0.2, 0.25) is 0 Å². The zero-order valence-electron chi connectivity index (χ0n) is 8.66. The van der Waals surface area contributed by atoms with E-state index in [0.29, 0.717) is 6.04 Å². The normalized spacial score (nSPS) is 13.5. The maximum absolute atomic E-state index is 5.60. The largest absolute Gasteiger partial charge is 0.329 e. The molecule has 0 saturated carbocycles. The van der Waals surface area contributed by atoms with Gasteiger partial charge in [0, 0.05) is 33.9 Å². The quantitative estimate of drug-likeness (QED) is 0.895. The fourth-order valence-electron chi connectivity index (χ4n) is 1.17. The van der Waals surface area contributed by atoms with Gasteiger partial charge >= 0.3 is 0 Å². The summed E-state index contributed by atoms with van der Waals surface area (Å²) in [5.74, 6) is 0. The van der Waals surface area contributed by atoms with Crippen LogP contribution in [0.5, 0.6) is 0 Å². The minimum atomic E-state index is 0.471. The molecule has 0 aliphatic heterocycles. The van der Waals surface area contributed by atoms with E-state index in [1.54, 1.807) is 11.3 Å². The predicted molar refractivity (Wildman–Crippen MR) is 66.9 cm³/mol. The molecular weight excluding hydrogens is 260 g/mol. The Hall–Kier alpha value is 0.1000. The second-order valence-electron chi connectivity index (χ2n) is 3.55. The number of hydrogen-bond donors (Lipinski definition) is 1. The number of rotatable bonds is 5. The van der Waals surface area contributed by atoms with Crippen LogP contribution in [0.3, 0.4) is 0 Å². The summed E-state index contributed by atoms with van der Waals surface area (Å²) in [4.78, 5) is 3.72. The van der Waals surface area contributed by atoms with E-state index < -0.39 is 0 Å². The van der Waals surface area contributed by atoms with Crippen molar-refractivity contribution >= 4 is 27.3 Å². The van der Waals surface area contributed by atoms with E-state index >= 15 is 0 Å². The van der Waals surface area contributed by atoms with Crippen molar-refractivity contribution in [3.8, 4) is 0 Å². The molecule has 0 bridgehead atoms. The van der Waals surface area contributed by atoms with Crippen LogP contribution in [0.15, 0.2) is 15.9 Å². The van der Waals surface area contributed by atoms with Gasteiger partial charge in [-0.25, -0.2) is 0 Å². The van der Waals surface area contributed by atoms with E-state index in [2.05, 4.69) is 46.2 Å². The minimum Gasteiger partial charge on any atom is -0.329 e. The lowest BCUT2D eigenvalue weighted by Gasteiger charge is -2.22. The summed E-state index contributed by atoms with van der Waals surface area (Å²) < 4.78 is 1.19. The average molecular weight is 277 g/mol. The summed E-state index contributed by atoms with van der Waals surface area (Å²) in [7, 11) is 2.13. The van der Waals surface area contributed by atoms with Crippen LogP contribution in [0.4, 0.5) is 0 Å². The molecule has 1 aromatic rings. The van der Waals surface area contributed by atoms with Gasteiger partial charge in [-0.2, -0.15) is 0 Å². The number of likely N-dealkylation sites (N-methyl/N-ethyl adjacent to an activating group) is 1. The molecule has 1 atom stereocenters. The van der Waals surface area contributed by atoms with Gasteiger partial charge in [0.05, 0.1) is 0 Å². The Labute approximate surface area is 98.2 Å². The molecule has 14 heavy (non-hydrogen) atoms. The third-order valence-corrected chi connectivity index (χ3v) is 4.18. The predicted octanol–water partition coefficient (Wildman–Crippen LogP) is 2.33. The van der Waals surface area contributed by atoms with Crippen LogP contribution in [0, 0.1) is 0 Å². The van der Waals surface area contributed by atoms with Gasteiger partial charge in [-0.1, -0.05) is 0 Å². The molecule has 0 amide bonds. The maximum atomic E-state index is 5.60. The SMILES string of the molecule is CC(CN)N(C)CCc1cc(Br)cs1. The Morgan fingerprint density at radius 1 is 1.64 bits per heavy atom. The van der Waals surface area contributed by atoms with Crippen molar-refractivity contribution in [3.63, 3.8) is 0 Å². The minimum absolute atomic E-state index is 0.471. The molecule has 1 rings (SSSR count). The first-order valence-corrected chi connectivity index (χ1v) is 6.44. The standard InChI is InChI=1S/C10H17BrN2S/c1-8(6-12)13(2)4-3-10-5-9(11)7-14-10/h5,7-8H,3-4,6,12H2,1-2H3. The molecule has 80 valence electrons. The highest BCUT2D eigenvalue weighted by molar-refractivity contribution is 9.10. The zero-order valence-corrected chi connectivity index (χ0v) is 11.1. The number of halogens is 1. The van der Waals surface area contributed by atoms with Crippen LogP contribution >= 0.6 is 27.3 Å². The average Bonchev–Trinajstić information content (AvgIpc) is 2.59. The fraction of sp³-hybridized carbons (Fsp3) is 0.600. The van der Waals surface area contributed by atoms with E-state index in [9.17, 15) is 0 Å². The molecule has 0 aliphatic carbocycles. The highest BCUT2D eigenvalue weighted by Gasteiger charge is 2.07. The van der Waals surface area contributed by atoms with E-state index in [1.165, 1.54) is 9.35 Å². The van der Waals surface area contributed by atoms with Crippen LogP contribution in [-0.2, 0) is 6.42 Å². The Balaban J connectivity index is 2.33. The Morgan fingerprint density at radius 2 is 2.36 bits per heavy atom. The zero-order chi connectivity index (χ0) is 10.6. The molecule has 1 unspecified atom stereocenters. The molecule has 0 aliphatic rings. The van der Waals surface area contributed by atoms with E-state index in [-0.39, 0.29) is 0 Å². The maximum Gasteiger partial charge on any atom is 0.0285 e. The fourth-order valence-corrected chi connectivity index (χ4v) is 2.62.